The fourth-order valence-electron chi connectivity index (χ4n) is 3.22. The smallest absolute Gasteiger partial charge is 0.410 e. The van der Waals surface area contributed by atoms with E-state index in [0.717, 1.165) is 4.68 Å². The third-order valence-electron chi connectivity index (χ3n) is 4.65. The molecule has 4 rings (SSSR count). The maximum Gasteiger partial charge on any atom is 0.410 e. The van der Waals surface area contributed by atoms with E-state index in [0.29, 0.717) is 10.4 Å². The van der Waals surface area contributed by atoms with Gasteiger partial charge in [0.25, 0.3) is 5.91 Å². The van der Waals surface area contributed by atoms with Crippen LogP contribution >= 0.6 is 55.1 Å². The van der Waals surface area contributed by atoms with Crippen molar-refractivity contribution in [3.05, 3.63) is 61.0 Å². The highest BCUT2D eigenvalue weighted by Gasteiger charge is 2.48. The molecule has 2 unspecified atom stereocenters. The van der Waals surface area contributed by atoms with Gasteiger partial charge < -0.3 is 15.1 Å². The summed E-state index contributed by atoms with van der Waals surface area (Å²) >= 11 is 18.4. The summed E-state index contributed by atoms with van der Waals surface area (Å²) in [5, 5.41) is 9.75. The molecule has 0 bridgehead atoms. The van der Waals surface area contributed by atoms with E-state index in [4.69, 9.17) is 27.6 Å². The number of carbonyl (C=O) groups is 1. The number of nitrogens with zero attached hydrogens (tertiary/aromatic N) is 2. The molecule has 0 spiro atoms. The van der Waals surface area contributed by atoms with Crippen molar-refractivity contribution in [1.82, 2.24) is 9.78 Å². The zero-order chi connectivity index (χ0) is 22.5. The summed E-state index contributed by atoms with van der Waals surface area (Å²) in [6.07, 6.45) is -4.97. The van der Waals surface area contributed by atoms with Gasteiger partial charge in [0.1, 0.15) is 11.6 Å². The predicted molar refractivity (Wildman–Crippen MR) is 117 cm³/mol. The number of aromatic nitrogens is 2. The summed E-state index contributed by atoms with van der Waals surface area (Å²) in [4.78, 5) is 12.8. The SMILES string of the molecule is O=C(Nc1cccc(Cl)c1Cl)c1nn2c(c1Br)NC(c1ccc(Br)o1)CC2C(F)(F)F. The molecule has 0 saturated heterocycles. The van der Waals surface area contributed by atoms with Crippen molar-refractivity contribution in [3.63, 3.8) is 0 Å². The number of alkyl halides is 3. The van der Waals surface area contributed by atoms with Crippen LogP contribution in [-0.4, -0.2) is 21.9 Å². The second-order valence-electron chi connectivity index (χ2n) is 6.64. The standard InChI is InChI=1S/C18H11Br2Cl2F3N4O2/c19-12-5-4-10(31-12)9-6-11(18(23,24)25)29-16(26-9)13(20)15(28-29)17(30)27-8-3-1-2-7(21)14(8)22/h1-5,9,11,26H,6H2,(H,27,30). The number of amides is 1. The minimum atomic E-state index is -4.60. The Balaban J connectivity index is 1.71. The molecule has 1 aliphatic rings. The van der Waals surface area contributed by atoms with Gasteiger partial charge in [0, 0.05) is 6.42 Å². The molecule has 3 aromatic rings. The van der Waals surface area contributed by atoms with Crippen molar-refractivity contribution < 1.29 is 22.4 Å². The second kappa shape index (κ2) is 8.34. The summed E-state index contributed by atoms with van der Waals surface area (Å²) < 4.78 is 48.1. The Morgan fingerprint density at radius 2 is 2.00 bits per heavy atom. The lowest BCUT2D eigenvalue weighted by Crippen LogP contribution is -2.35. The maximum atomic E-state index is 13.8. The molecule has 1 amide bonds. The van der Waals surface area contributed by atoms with Crippen LogP contribution in [0.15, 0.2) is 43.9 Å². The first-order valence-electron chi connectivity index (χ1n) is 8.68. The van der Waals surface area contributed by atoms with Crippen LogP contribution in [0.25, 0.3) is 0 Å². The highest BCUT2D eigenvalue weighted by atomic mass is 79.9. The van der Waals surface area contributed by atoms with Gasteiger partial charge in [-0.3, -0.25) is 4.79 Å². The molecule has 0 aliphatic carbocycles. The summed E-state index contributed by atoms with van der Waals surface area (Å²) in [5.74, 6) is -0.427. The molecular weight excluding hydrogens is 592 g/mol. The lowest BCUT2D eigenvalue weighted by Gasteiger charge is -2.32. The maximum absolute atomic E-state index is 13.8. The predicted octanol–water partition coefficient (Wildman–Crippen LogP) is 7.22. The highest BCUT2D eigenvalue weighted by Crippen LogP contribution is 2.46. The van der Waals surface area contributed by atoms with Crippen molar-refractivity contribution in [2.24, 2.45) is 0 Å². The number of rotatable bonds is 3. The molecule has 2 atom stereocenters. The van der Waals surface area contributed by atoms with Crippen LogP contribution in [-0.2, 0) is 0 Å². The number of fused-ring (bicyclic) bond motifs is 1. The van der Waals surface area contributed by atoms with E-state index in [1.54, 1.807) is 18.2 Å². The van der Waals surface area contributed by atoms with Crippen LogP contribution < -0.4 is 10.6 Å². The average Bonchev–Trinajstić information content (AvgIpc) is 3.27. The van der Waals surface area contributed by atoms with Crippen LogP contribution in [0.4, 0.5) is 24.7 Å². The minimum absolute atomic E-state index is 0.00781. The molecule has 0 saturated carbocycles. The Hall–Kier alpha value is -1.69. The van der Waals surface area contributed by atoms with E-state index in [2.05, 4.69) is 47.6 Å². The van der Waals surface area contributed by atoms with Crippen LogP contribution in [0.3, 0.4) is 0 Å². The van der Waals surface area contributed by atoms with Gasteiger partial charge in [-0.2, -0.15) is 18.3 Å². The summed E-state index contributed by atoms with van der Waals surface area (Å²) in [6, 6.07) is 5.04. The van der Waals surface area contributed by atoms with Crippen LogP contribution in [0.2, 0.25) is 10.0 Å². The molecule has 31 heavy (non-hydrogen) atoms. The number of halogens is 7. The average molecular weight is 603 g/mol. The van der Waals surface area contributed by atoms with E-state index in [9.17, 15) is 18.0 Å². The van der Waals surface area contributed by atoms with Gasteiger partial charge in [-0.25, -0.2) is 4.68 Å². The van der Waals surface area contributed by atoms with Crippen LogP contribution in [0.1, 0.15) is 34.8 Å². The van der Waals surface area contributed by atoms with Gasteiger partial charge in [0.15, 0.2) is 16.4 Å². The second-order valence-corrected chi connectivity index (χ2v) is 9.00. The zero-order valence-electron chi connectivity index (χ0n) is 15.1. The number of anilines is 2. The Bertz CT molecular complexity index is 1170. The largest absolute Gasteiger partial charge is 0.452 e. The normalized spacial score (nSPS) is 18.4. The van der Waals surface area contributed by atoms with Crippen molar-refractivity contribution in [1.29, 1.82) is 0 Å². The van der Waals surface area contributed by atoms with E-state index >= 15 is 0 Å². The number of benzene rings is 1. The summed E-state index contributed by atoms with van der Waals surface area (Å²) in [7, 11) is 0. The molecular formula is C18H11Br2Cl2F3N4O2. The summed E-state index contributed by atoms with van der Waals surface area (Å²) in [6.45, 7) is 0. The molecule has 3 heterocycles. The van der Waals surface area contributed by atoms with Gasteiger partial charge in [0.2, 0.25) is 0 Å². The number of hydrogen-bond acceptors (Lipinski definition) is 4. The molecule has 1 aromatic carbocycles. The third-order valence-corrected chi connectivity index (χ3v) is 6.64. The molecule has 0 fully saturated rings. The molecule has 0 radical (unpaired) electrons. The Kier molecular flexibility index (Phi) is 6.06. The first-order valence-corrected chi connectivity index (χ1v) is 11.0. The number of hydrogen-bond donors (Lipinski definition) is 2. The van der Waals surface area contributed by atoms with Crippen molar-refractivity contribution in [2.45, 2.75) is 24.7 Å². The third kappa shape index (κ3) is 4.33. The van der Waals surface area contributed by atoms with E-state index in [-0.39, 0.29) is 38.1 Å². The molecule has 164 valence electrons. The number of furan rings is 1. The zero-order valence-corrected chi connectivity index (χ0v) is 19.8. The van der Waals surface area contributed by atoms with E-state index in [1.165, 1.54) is 12.1 Å². The lowest BCUT2D eigenvalue weighted by molar-refractivity contribution is -0.174. The molecule has 2 N–H and O–H groups in total. The minimum Gasteiger partial charge on any atom is -0.452 e. The highest BCUT2D eigenvalue weighted by molar-refractivity contribution is 9.10. The Morgan fingerprint density at radius 1 is 1.26 bits per heavy atom. The fourth-order valence-corrected chi connectivity index (χ4v) is 4.44. The molecule has 1 aliphatic heterocycles. The van der Waals surface area contributed by atoms with E-state index in [1.807, 2.05) is 0 Å². The first kappa shape index (κ1) is 22.5. The summed E-state index contributed by atoms with van der Waals surface area (Å²) in [5.41, 5.74) is -0.0373. The quantitative estimate of drug-likeness (QED) is 0.332. The van der Waals surface area contributed by atoms with Gasteiger partial charge in [0.05, 0.1) is 26.2 Å². The Labute approximate surface area is 200 Å². The van der Waals surface area contributed by atoms with Crippen LogP contribution in [0.5, 0.6) is 0 Å². The molecule has 13 heteroatoms. The van der Waals surface area contributed by atoms with Gasteiger partial charge in [-0.15, -0.1) is 0 Å². The Morgan fingerprint density at radius 3 is 2.65 bits per heavy atom. The lowest BCUT2D eigenvalue weighted by atomic mass is 10.0. The van der Waals surface area contributed by atoms with Crippen molar-refractivity contribution >= 4 is 72.5 Å². The molecule has 6 nitrogen and oxygen atoms in total. The number of nitrogens with one attached hydrogen (secondary N) is 2. The van der Waals surface area contributed by atoms with Gasteiger partial charge >= 0.3 is 6.18 Å². The first-order chi connectivity index (χ1) is 14.6. The van der Waals surface area contributed by atoms with Crippen molar-refractivity contribution in [3.8, 4) is 0 Å². The van der Waals surface area contributed by atoms with Crippen LogP contribution in [0, 0.1) is 0 Å². The number of carbonyl (C=O) groups excluding carboxylic acids is 1. The fraction of sp³-hybridized carbons (Fsp3) is 0.222. The topological polar surface area (TPSA) is 72.1 Å². The van der Waals surface area contributed by atoms with E-state index < -0.39 is 24.2 Å². The van der Waals surface area contributed by atoms with Gasteiger partial charge in [-0.1, -0.05) is 29.3 Å². The monoisotopic (exact) mass is 600 g/mol. The molecule has 2 aromatic heterocycles. The van der Waals surface area contributed by atoms with Gasteiger partial charge in [-0.05, 0) is 56.1 Å². The van der Waals surface area contributed by atoms with Crippen molar-refractivity contribution in [2.75, 3.05) is 10.6 Å².